The van der Waals surface area contributed by atoms with Crippen molar-refractivity contribution >= 4 is 18.6 Å². The maximum atomic E-state index is 5.85. The van der Waals surface area contributed by atoms with Crippen LogP contribution in [0.3, 0.4) is 0 Å². The summed E-state index contributed by atoms with van der Waals surface area (Å²) < 4.78 is 23.0. The van der Waals surface area contributed by atoms with E-state index < -0.39 is 8.80 Å². The van der Waals surface area contributed by atoms with E-state index in [2.05, 4.69) is 6.92 Å². The molecule has 0 aromatic heterocycles. The van der Waals surface area contributed by atoms with Gasteiger partial charge in [-0.3, -0.25) is 0 Å². The molecule has 0 N–H and O–H groups in total. The van der Waals surface area contributed by atoms with E-state index in [1.54, 1.807) is 0 Å². The second-order valence-electron chi connectivity index (χ2n) is 4.70. The van der Waals surface area contributed by atoms with Crippen LogP contribution in [0.25, 0.3) is 0 Å². The fourth-order valence-electron chi connectivity index (χ4n) is 2.22. The lowest BCUT2D eigenvalue weighted by molar-refractivity contribution is 0.0706. The fraction of sp³-hybridized carbons (Fsp3) is 1.00. The second kappa shape index (κ2) is 14.2. The average Bonchev–Trinajstić information content (AvgIpc) is 2.43. The van der Waals surface area contributed by atoms with Crippen molar-refractivity contribution < 1.29 is 17.7 Å². The first-order valence-electron chi connectivity index (χ1n) is 8.24. The van der Waals surface area contributed by atoms with E-state index >= 15 is 0 Å². The van der Waals surface area contributed by atoms with Crippen LogP contribution in [0.2, 0.25) is 12.1 Å². The third-order valence-electron chi connectivity index (χ3n) is 3.07. The van der Waals surface area contributed by atoms with Crippen LogP contribution >= 0.6 is 0 Å². The van der Waals surface area contributed by atoms with Gasteiger partial charge in [-0.1, -0.05) is 19.3 Å². The van der Waals surface area contributed by atoms with Crippen LogP contribution in [0.15, 0.2) is 0 Å². The zero-order chi connectivity index (χ0) is 15.1. The van der Waals surface area contributed by atoms with E-state index in [4.69, 9.17) is 17.7 Å². The summed E-state index contributed by atoms with van der Waals surface area (Å²) in [5, 5.41) is 0. The maximum absolute atomic E-state index is 5.85. The van der Waals surface area contributed by atoms with Gasteiger partial charge in [-0.2, -0.15) is 0 Å². The summed E-state index contributed by atoms with van der Waals surface area (Å²) in [7, 11) is -2.63. The smallest absolute Gasteiger partial charge is 0.424 e. The van der Waals surface area contributed by atoms with E-state index in [-0.39, 0.29) is 9.76 Å². The zero-order valence-electron chi connectivity index (χ0n) is 13.9. The van der Waals surface area contributed by atoms with Crippen LogP contribution in [0.5, 0.6) is 0 Å². The molecule has 0 saturated heterocycles. The lowest BCUT2D eigenvalue weighted by Gasteiger charge is -2.28. The highest BCUT2D eigenvalue weighted by molar-refractivity contribution is 6.60. The Kier molecular flexibility index (Phi) is 14.4. The van der Waals surface area contributed by atoms with E-state index in [1.807, 2.05) is 20.8 Å². The Labute approximate surface area is 128 Å². The van der Waals surface area contributed by atoms with Crippen LogP contribution in [0.1, 0.15) is 53.4 Å². The van der Waals surface area contributed by atoms with Gasteiger partial charge in [0.2, 0.25) is 0 Å². The first-order chi connectivity index (χ1) is 9.74. The summed E-state index contributed by atoms with van der Waals surface area (Å²) >= 11 is 0. The SMILES string of the molecule is CCO[SiH2]CCCCCC[Si](OCC)(OCC)OCC. The molecular weight excluding hydrogens is 288 g/mol. The molecule has 0 aliphatic carbocycles. The first kappa shape index (κ1) is 20.3. The van der Waals surface area contributed by atoms with Gasteiger partial charge >= 0.3 is 8.80 Å². The number of rotatable bonds is 15. The molecule has 6 heteroatoms. The van der Waals surface area contributed by atoms with Gasteiger partial charge in [0.25, 0.3) is 0 Å². The average molecular weight is 323 g/mol. The molecule has 0 unspecified atom stereocenters. The summed E-state index contributed by atoms with van der Waals surface area (Å²) in [6, 6.07) is 2.25. The van der Waals surface area contributed by atoms with Crippen molar-refractivity contribution in [3.8, 4) is 0 Å². The molecule has 0 aliphatic heterocycles. The minimum Gasteiger partial charge on any atom is -0.424 e. The van der Waals surface area contributed by atoms with Crippen LogP contribution < -0.4 is 0 Å². The summed E-state index contributed by atoms with van der Waals surface area (Å²) in [6.45, 7) is 11.0. The van der Waals surface area contributed by atoms with E-state index in [1.165, 1.54) is 25.3 Å². The molecule has 0 aromatic carbocycles. The van der Waals surface area contributed by atoms with Crippen molar-refractivity contribution in [3.63, 3.8) is 0 Å². The predicted molar refractivity (Wildman–Crippen MR) is 88.9 cm³/mol. The van der Waals surface area contributed by atoms with Gasteiger partial charge in [-0.25, -0.2) is 0 Å². The van der Waals surface area contributed by atoms with Gasteiger partial charge in [-0.05, 0) is 40.2 Å². The van der Waals surface area contributed by atoms with Gasteiger partial charge in [0.1, 0.15) is 0 Å². The van der Waals surface area contributed by atoms with Gasteiger partial charge in [-0.15, -0.1) is 0 Å². The van der Waals surface area contributed by atoms with Gasteiger partial charge in [0.05, 0.1) is 0 Å². The van der Waals surface area contributed by atoms with E-state index in [0.717, 1.165) is 19.1 Å². The largest absolute Gasteiger partial charge is 0.500 e. The van der Waals surface area contributed by atoms with Crippen molar-refractivity contribution in [3.05, 3.63) is 0 Å². The van der Waals surface area contributed by atoms with Crippen LogP contribution in [-0.2, 0) is 17.7 Å². The Morgan fingerprint density at radius 2 is 1.25 bits per heavy atom. The lowest BCUT2D eigenvalue weighted by atomic mass is 10.2. The summed E-state index contributed by atoms with van der Waals surface area (Å²) in [5.74, 6) is 0. The van der Waals surface area contributed by atoms with E-state index in [9.17, 15) is 0 Å². The normalized spacial score (nSPS) is 12.6. The quantitative estimate of drug-likeness (QED) is 0.343. The summed E-state index contributed by atoms with van der Waals surface area (Å²) in [5.41, 5.74) is 0. The molecule has 4 nitrogen and oxygen atoms in total. The zero-order valence-corrected chi connectivity index (χ0v) is 16.3. The molecule has 0 amide bonds. The Morgan fingerprint density at radius 1 is 0.700 bits per heavy atom. The Morgan fingerprint density at radius 3 is 1.75 bits per heavy atom. The Bertz CT molecular complexity index is 189. The van der Waals surface area contributed by atoms with E-state index in [0.29, 0.717) is 19.8 Å². The standard InChI is InChI=1S/C14H34O4Si2/c1-5-15-19-13-11-9-10-12-14-20(16-6-2,17-7-3)18-8-4/h5-14,19H2,1-4H3. The van der Waals surface area contributed by atoms with Crippen molar-refractivity contribution in [2.45, 2.75) is 65.5 Å². The number of hydrogen-bond donors (Lipinski definition) is 0. The van der Waals surface area contributed by atoms with Gasteiger partial charge in [0, 0.05) is 32.5 Å². The topological polar surface area (TPSA) is 36.9 Å². The highest BCUT2D eigenvalue weighted by Gasteiger charge is 2.39. The fourth-order valence-corrected chi connectivity index (χ4v) is 5.96. The van der Waals surface area contributed by atoms with Gasteiger partial charge in [0.15, 0.2) is 9.76 Å². The van der Waals surface area contributed by atoms with Crippen LogP contribution in [0, 0.1) is 0 Å². The number of unbranched alkanes of at least 4 members (excludes halogenated alkanes) is 3. The molecule has 0 heterocycles. The van der Waals surface area contributed by atoms with Crippen molar-refractivity contribution in [2.24, 2.45) is 0 Å². The maximum Gasteiger partial charge on any atom is 0.500 e. The minimum atomic E-state index is -2.39. The molecule has 0 aliphatic rings. The molecular formula is C14H34O4Si2. The first-order valence-corrected chi connectivity index (χ1v) is 11.7. The van der Waals surface area contributed by atoms with Crippen molar-refractivity contribution in [1.82, 2.24) is 0 Å². The molecule has 20 heavy (non-hydrogen) atoms. The molecule has 0 fully saturated rings. The van der Waals surface area contributed by atoms with Crippen LogP contribution in [0.4, 0.5) is 0 Å². The molecule has 0 spiro atoms. The van der Waals surface area contributed by atoms with Crippen LogP contribution in [-0.4, -0.2) is 45.0 Å². The highest BCUT2D eigenvalue weighted by atomic mass is 28.4. The highest BCUT2D eigenvalue weighted by Crippen LogP contribution is 2.20. The lowest BCUT2D eigenvalue weighted by Crippen LogP contribution is -2.45. The third-order valence-corrected chi connectivity index (χ3v) is 7.71. The molecule has 122 valence electrons. The Balaban J connectivity index is 3.82. The Hall–Kier alpha value is 0.274. The monoisotopic (exact) mass is 322 g/mol. The summed E-state index contributed by atoms with van der Waals surface area (Å²) in [6.07, 6.45) is 4.97. The number of hydrogen-bond acceptors (Lipinski definition) is 4. The van der Waals surface area contributed by atoms with Crippen molar-refractivity contribution in [2.75, 3.05) is 26.4 Å². The molecule has 0 atom stereocenters. The molecule has 0 saturated carbocycles. The van der Waals surface area contributed by atoms with Crippen molar-refractivity contribution in [1.29, 1.82) is 0 Å². The molecule has 0 rings (SSSR count). The molecule has 0 aromatic rings. The second-order valence-corrected chi connectivity index (χ2v) is 8.95. The minimum absolute atomic E-state index is 0.240. The predicted octanol–water partition coefficient (Wildman–Crippen LogP) is 3.13. The van der Waals surface area contributed by atoms with Gasteiger partial charge < -0.3 is 17.7 Å². The molecule has 0 radical (unpaired) electrons. The third kappa shape index (κ3) is 10.1. The summed E-state index contributed by atoms with van der Waals surface area (Å²) in [4.78, 5) is 0. The molecule has 0 bridgehead atoms.